The number of piperazine rings is 1. The highest BCUT2D eigenvalue weighted by molar-refractivity contribution is 7.22. The average Bonchev–Trinajstić information content (AvgIpc) is 3.72. The van der Waals surface area contributed by atoms with Crippen molar-refractivity contribution in [1.82, 2.24) is 19.8 Å². The van der Waals surface area contributed by atoms with Gasteiger partial charge >= 0.3 is 5.97 Å². The van der Waals surface area contributed by atoms with Gasteiger partial charge in [0.25, 0.3) is 0 Å². The lowest BCUT2D eigenvalue weighted by Crippen LogP contribution is -2.46. The van der Waals surface area contributed by atoms with Crippen LogP contribution in [-0.4, -0.2) is 70.9 Å². The molecule has 0 radical (unpaired) electrons. The van der Waals surface area contributed by atoms with E-state index in [4.69, 9.17) is 14.5 Å². The second-order valence-electron chi connectivity index (χ2n) is 11.6. The van der Waals surface area contributed by atoms with Gasteiger partial charge in [-0.15, -0.1) is 11.3 Å². The number of fused-ring (bicyclic) bond motifs is 1. The minimum atomic E-state index is -0.487. The van der Waals surface area contributed by atoms with E-state index in [1.54, 1.807) is 24.4 Å². The van der Waals surface area contributed by atoms with E-state index < -0.39 is 5.82 Å². The van der Waals surface area contributed by atoms with Crippen molar-refractivity contribution < 1.29 is 23.5 Å². The predicted molar refractivity (Wildman–Crippen MR) is 168 cm³/mol. The van der Waals surface area contributed by atoms with Crippen molar-refractivity contribution in [3.63, 3.8) is 0 Å². The lowest BCUT2D eigenvalue weighted by atomic mass is 10.0. The molecule has 2 fully saturated rings. The Balaban J connectivity index is 1.06. The van der Waals surface area contributed by atoms with Crippen LogP contribution in [0.25, 0.3) is 20.8 Å². The van der Waals surface area contributed by atoms with Gasteiger partial charge < -0.3 is 14.4 Å². The third-order valence-corrected chi connectivity index (χ3v) is 9.25. The number of carbonyl (C=O) groups is 2. The molecule has 0 bridgehead atoms. The molecule has 0 atom stereocenters. The summed E-state index contributed by atoms with van der Waals surface area (Å²) in [6, 6.07) is 12.6. The number of nitrogens with zero attached hydrogens (tertiary/aromatic N) is 4. The molecular weight excluding hydrogens is 579 g/mol. The Morgan fingerprint density at radius 1 is 0.977 bits per heavy atom. The van der Waals surface area contributed by atoms with E-state index >= 15 is 0 Å². The van der Waals surface area contributed by atoms with Gasteiger partial charge in [0.2, 0.25) is 0 Å². The van der Waals surface area contributed by atoms with Crippen molar-refractivity contribution in [2.45, 2.75) is 45.6 Å². The van der Waals surface area contributed by atoms with Crippen molar-refractivity contribution in [2.75, 3.05) is 39.3 Å². The molecule has 1 aliphatic carbocycles. The SMILES string of the molecule is CCOC(=O)CCN1CCN(Cc2ccc(-c3cc4nccc(Oc5ccc(CC(=O)CC6CC6)cc5F)c4s3)nc2)CC1. The van der Waals surface area contributed by atoms with Crippen molar-refractivity contribution in [1.29, 1.82) is 0 Å². The van der Waals surface area contributed by atoms with Gasteiger partial charge in [-0.05, 0) is 61.1 Å². The topological polar surface area (TPSA) is 84.9 Å². The third-order valence-electron chi connectivity index (χ3n) is 8.09. The van der Waals surface area contributed by atoms with Gasteiger partial charge in [0.15, 0.2) is 11.6 Å². The molecule has 4 aromatic rings. The summed E-state index contributed by atoms with van der Waals surface area (Å²) < 4.78 is 26.8. The molecule has 1 aromatic carbocycles. The zero-order valence-corrected chi connectivity index (χ0v) is 25.8. The Labute approximate surface area is 260 Å². The first kappa shape index (κ1) is 30.3. The highest BCUT2D eigenvalue weighted by Gasteiger charge is 2.24. The number of hydrogen-bond donors (Lipinski definition) is 0. The first-order chi connectivity index (χ1) is 21.4. The fraction of sp³-hybridized carbons (Fsp3) is 0.412. The minimum absolute atomic E-state index is 0.119. The number of ether oxygens (including phenoxy) is 2. The van der Waals surface area contributed by atoms with E-state index in [-0.39, 0.29) is 23.9 Å². The summed E-state index contributed by atoms with van der Waals surface area (Å²) in [6.45, 7) is 7.56. The van der Waals surface area contributed by atoms with Crippen LogP contribution < -0.4 is 4.74 Å². The number of carbonyl (C=O) groups excluding carboxylic acids is 2. The summed E-state index contributed by atoms with van der Waals surface area (Å²) in [5, 5.41) is 0. The van der Waals surface area contributed by atoms with Crippen LogP contribution in [0.2, 0.25) is 0 Å². The van der Waals surface area contributed by atoms with Crippen molar-refractivity contribution >= 4 is 33.3 Å². The van der Waals surface area contributed by atoms with Gasteiger partial charge in [0, 0.05) is 70.6 Å². The lowest BCUT2D eigenvalue weighted by Gasteiger charge is -2.34. The zero-order chi connectivity index (χ0) is 30.5. The van der Waals surface area contributed by atoms with Crippen molar-refractivity contribution in [2.24, 2.45) is 5.92 Å². The number of halogens is 1. The van der Waals surface area contributed by atoms with E-state index in [0.29, 0.717) is 36.7 Å². The van der Waals surface area contributed by atoms with Crippen LogP contribution in [0.3, 0.4) is 0 Å². The number of esters is 1. The van der Waals surface area contributed by atoms with Gasteiger partial charge in [0.1, 0.15) is 11.5 Å². The number of benzene rings is 1. The normalized spacial score (nSPS) is 15.9. The highest BCUT2D eigenvalue weighted by atomic mass is 32.1. The van der Waals surface area contributed by atoms with E-state index in [1.807, 2.05) is 25.3 Å². The molecule has 10 heteroatoms. The van der Waals surface area contributed by atoms with Gasteiger partial charge in [-0.25, -0.2) is 4.39 Å². The number of Topliss-reactive ketones (excluding diaryl/α,β-unsaturated/α-hetero) is 1. The molecule has 230 valence electrons. The second kappa shape index (κ2) is 13.9. The monoisotopic (exact) mass is 616 g/mol. The molecule has 44 heavy (non-hydrogen) atoms. The van der Waals surface area contributed by atoms with Gasteiger partial charge in [-0.2, -0.15) is 0 Å². The third kappa shape index (κ3) is 7.85. The Kier molecular flexibility index (Phi) is 9.59. The van der Waals surface area contributed by atoms with E-state index in [9.17, 15) is 14.0 Å². The quantitative estimate of drug-likeness (QED) is 0.163. The first-order valence-electron chi connectivity index (χ1n) is 15.4. The molecule has 0 N–H and O–H groups in total. The number of pyridine rings is 2. The Bertz CT molecular complexity index is 1610. The maximum atomic E-state index is 15.0. The summed E-state index contributed by atoms with van der Waals surface area (Å²) in [4.78, 5) is 38.8. The van der Waals surface area contributed by atoms with Crippen LogP contribution >= 0.6 is 11.3 Å². The lowest BCUT2D eigenvalue weighted by molar-refractivity contribution is -0.143. The van der Waals surface area contributed by atoms with Gasteiger partial charge in [-0.3, -0.25) is 24.5 Å². The molecule has 3 aromatic heterocycles. The standard InChI is InChI=1S/C34H37FN4O4S/c1-2-42-33(41)10-12-38-13-15-39(16-14-38)22-25-5-7-28(37-21-25)32-20-29-34(44-32)31(9-11-36-29)43-30-8-6-24(19-27(30)35)18-26(40)17-23-3-4-23/h5-9,11,19-21,23H,2-4,10,12-18,22H2,1H3. The maximum absolute atomic E-state index is 15.0. The Hall–Kier alpha value is -3.73. The number of aromatic nitrogens is 2. The number of hydrogen-bond acceptors (Lipinski definition) is 9. The molecule has 1 saturated heterocycles. The molecular formula is C34H37FN4O4S. The Morgan fingerprint density at radius 2 is 1.77 bits per heavy atom. The molecule has 2 aliphatic rings. The van der Waals surface area contributed by atoms with Crippen LogP contribution in [-0.2, 0) is 27.3 Å². The fourth-order valence-electron chi connectivity index (χ4n) is 5.50. The summed E-state index contributed by atoms with van der Waals surface area (Å²) in [5.41, 5.74) is 3.42. The van der Waals surface area contributed by atoms with Crippen LogP contribution in [0.4, 0.5) is 4.39 Å². The molecule has 0 unspecified atom stereocenters. The van der Waals surface area contributed by atoms with Gasteiger partial charge in [0.05, 0.1) is 33.8 Å². The van der Waals surface area contributed by atoms with Crippen molar-refractivity contribution in [3.05, 3.63) is 71.8 Å². The molecule has 0 amide bonds. The second-order valence-corrected chi connectivity index (χ2v) is 12.6. The summed E-state index contributed by atoms with van der Waals surface area (Å²) in [5.74, 6) is 0.711. The molecule has 1 saturated carbocycles. The number of rotatable bonds is 13. The van der Waals surface area contributed by atoms with Crippen LogP contribution in [0.5, 0.6) is 11.5 Å². The predicted octanol–water partition coefficient (Wildman–Crippen LogP) is 6.27. The zero-order valence-electron chi connectivity index (χ0n) is 25.0. The fourth-order valence-corrected chi connectivity index (χ4v) is 6.54. The van der Waals surface area contributed by atoms with Crippen LogP contribution in [0, 0.1) is 11.7 Å². The number of ketones is 1. The summed E-state index contributed by atoms with van der Waals surface area (Å²) in [6.07, 6.45) is 7.11. The molecule has 4 heterocycles. The van der Waals surface area contributed by atoms with E-state index in [2.05, 4.69) is 20.9 Å². The average molecular weight is 617 g/mol. The van der Waals surface area contributed by atoms with Gasteiger partial charge in [-0.1, -0.05) is 12.1 Å². The molecule has 8 nitrogen and oxygen atoms in total. The smallest absolute Gasteiger partial charge is 0.307 e. The Morgan fingerprint density at radius 3 is 2.50 bits per heavy atom. The summed E-state index contributed by atoms with van der Waals surface area (Å²) in [7, 11) is 0. The maximum Gasteiger partial charge on any atom is 0.307 e. The molecule has 6 rings (SSSR count). The first-order valence-corrected chi connectivity index (χ1v) is 16.2. The van der Waals surface area contributed by atoms with Crippen LogP contribution in [0.1, 0.15) is 43.7 Å². The van der Waals surface area contributed by atoms with Crippen LogP contribution in [0.15, 0.2) is 54.9 Å². The van der Waals surface area contributed by atoms with E-state index in [1.165, 1.54) is 17.4 Å². The highest BCUT2D eigenvalue weighted by Crippen LogP contribution is 2.39. The summed E-state index contributed by atoms with van der Waals surface area (Å²) >= 11 is 1.51. The molecule has 0 spiro atoms. The molecule has 1 aliphatic heterocycles. The minimum Gasteiger partial charge on any atom is -0.466 e. The van der Waals surface area contributed by atoms with E-state index in [0.717, 1.165) is 78.5 Å². The van der Waals surface area contributed by atoms with Crippen molar-refractivity contribution in [3.8, 4) is 22.1 Å². The largest absolute Gasteiger partial charge is 0.466 e. The number of thiophene rings is 1.